The number of nitrogens with zero attached hydrogens (tertiary/aromatic N) is 3. The molecule has 0 bridgehead atoms. The predicted molar refractivity (Wildman–Crippen MR) is 72.7 cm³/mol. The summed E-state index contributed by atoms with van der Waals surface area (Å²) in [6.45, 7) is 0.582. The minimum atomic E-state index is 0.124. The van der Waals surface area contributed by atoms with Crippen LogP contribution in [-0.2, 0) is 6.54 Å². The second-order valence-corrected chi connectivity index (χ2v) is 4.10. The summed E-state index contributed by atoms with van der Waals surface area (Å²) in [5.74, 6) is 1.78. The van der Waals surface area contributed by atoms with Crippen LogP contribution in [0.25, 0.3) is 0 Å². The number of ether oxygens (including phenoxy) is 1. The van der Waals surface area contributed by atoms with Gasteiger partial charge in [-0.25, -0.2) is 5.10 Å². The van der Waals surface area contributed by atoms with E-state index in [4.69, 9.17) is 4.74 Å². The van der Waals surface area contributed by atoms with Crippen LogP contribution in [0.4, 0.5) is 11.9 Å². The Kier molecular flexibility index (Phi) is 3.74. The van der Waals surface area contributed by atoms with Crippen LogP contribution >= 0.6 is 0 Å². The lowest BCUT2D eigenvalue weighted by Crippen LogP contribution is -2.17. The summed E-state index contributed by atoms with van der Waals surface area (Å²) in [6, 6.07) is 5.29. The smallest absolute Gasteiger partial charge is 0.246 e. The number of benzene rings is 1. The molecule has 0 aliphatic carbocycles. The zero-order valence-electron chi connectivity index (χ0n) is 11.1. The highest BCUT2D eigenvalue weighted by atomic mass is 16.5. The molecule has 0 unspecified atom stereocenters. The molecule has 0 radical (unpaired) electrons. The lowest BCUT2D eigenvalue weighted by atomic mass is 10.2. The van der Waals surface area contributed by atoms with Crippen LogP contribution in [0.2, 0.25) is 0 Å². The Morgan fingerprint density at radius 3 is 2.84 bits per heavy atom. The van der Waals surface area contributed by atoms with Crippen LogP contribution in [0.1, 0.15) is 5.56 Å². The number of phenolic OH excluding ortho intramolecular Hbond substituents is 1. The molecule has 1 aromatic heterocycles. The van der Waals surface area contributed by atoms with E-state index in [2.05, 4.69) is 20.5 Å². The minimum Gasteiger partial charge on any atom is -0.504 e. The molecule has 102 valence electrons. The van der Waals surface area contributed by atoms with Gasteiger partial charge in [0.2, 0.25) is 11.9 Å². The van der Waals surface area contributed by atoms with Gasteiger partial charge in [-0.3, -0.25) is 0 Å². The molecular weight excluding hydrogens is 246 g/mol. The summed E-state index contributed by atoms with van der Waals surface area (Å²) >= 11 is 0. The number of hydrogen-bond donors (Lipinski definition) is 3. The van der Waals surface area contributed by atoms with Gasteiger partial charge in [0, 0.05) is 20.6 Å². The van der Waals surface area contributed by atoms with Crippen LogP contribution < -0.4 is 15.0 Å². The third kappa shape index (κ3) is 2.87. The van der Waals surface area contributed by atoms with Crippen molar-refractivity contribution < 1.29 is 9.84 Å². The van der Waals surface area contributed by atoms with Crippen molar-refractivity contribution in [3.63, 3.8) is 0 Å². The first-order chi connectivity index (χ1) is 9.13. The average Bonchev–Trinajstić information content (AvgIpc) is 2.88. The summed E-state index contributed by atoms with van der Waals surface area (Å²) in [5.41, 5.74) is 0.941. The molecule has 1 aromatic carbocycles. The number of aromatic nitrogens is 3. The molecule has 7 nitrogen and oxygen atoms in total. The fourth-order valence-electron chi connectivity index (χ4n) is 1.71. The van der Waals surface area contributed by atoms with Crippen molar-refractivity contribution in [3.8, 4) is 11.5 Å². The number of aromatic amines is 1. The number of aromatic hydroxyl groups is 1. The average molecular weight is 263 g/mol. The van der Waals surface area contributed by atoms with E-state index in [-0.39, 0.29) is 5.75 Å². The molecule has 0 fully saturated rings. The molecule has 0 aliphatic rings. The molecule has 0 amide bonds. The van der Waals surface area contributed by atoms with Crippen molar-refractivity contribution in [1.29, 1.82) is 0 Å². The van der Waals surface area contributed by atoms with Crippen molar-refractivity contribution >= 4 is 11.9 Å². The Morgan fingerprint density at radius 2 is 2.26 bits per heavy atom. The third-order valence-electron chi connectivity index (χ3n) is 2.71. The minimum absolute atomic E-state index is 0.124. The summed E-state index contributed by atoms with van der Waals surface area (Å²) in [6.07, 6.45) is 0. The van der Waals surface area contributed by atoms with E-state index in [1.165, 1.54) is 7.11 Å². The topological polar surface area (TPSA) is 86.3 Å². The maximum absolute atomic E-state index is 9.73. The number of methoxy groups -OCH3 is 1. The molecular formula is C12H17N5O2. The van der Waals surface area contributed by atoms with Gasteiger partial charge in [-0.2, -0.15) is 4.98 Å². The number of rotatable bonds is 5. The largest absolute Gasteiger partial charge is 0.504 e. The molecule has 1 heterocycles. The fraction of sp³-hybridized carbons (Fsp3) is 0.333. The summed E-state index contributed by atoms with van der Waals surface area (Å²) in [5, 5.41) is 19.5. The zero-order valence-corrected chi connectivity index (χ0v) is 11.1. The quantitative estimate of drug-likeness (QED) is 0.751. The highest BCUT2D eigenvalue weighted by Crippen LogP contribution is 2.27. The van der Waals surface area contributed by atoms with Crippen LogP contribution in [-0.4, -0.2) is 41.5 Å². The third-order valence-corrected chi connectivity index (χ3v) is 2.71. The standard InChI is InChI=1S/C12H17N5O2/c1-13-11-14-12(16-15-11)17(2)7-8-4-5-10(19-3)9(18)6-8/h4-6,18H,7H2,1-3H3,(H2,13,14,15,16). The molecule has 19 heavy (non-hydrogen) atoms. The maximum atomic E-state index is 9.73. The lowest BCUT2D eigenvalue weighted by molar-refractivity contribution is 0.373. The van der Waals surface area contributed by atoms with E-state index in [0.29, 0.717) is 24.2 Å². The molecule has 0 aliphatic heterocycles. The molecule has 0 spiro atoms. The second-order valence-electron chi connectivity index (χ2n) is 4.10. The number of hydrogen-bond acceptors (Lipinski definition) is 6. The van der Waals surface area contributed by atoms with Gasteiger partial charge < -0.3 is 20.1 Å². The molecule has 2 aromatic rings. The van der Waals surface area contributed by atoms with Crippen molar-refractivity contribution in [2.24, 2.45) is 0 Å². The van der Waals surface area contributed by atoms with Crippen LogP contribution in [0.15, 0.2) is 18.2 Å². The van der Waals surface area contributed by atoms with Gasteiger partial charge in [-0.15, -0.1) is 5.10 Å². The fourth-order valence-corrected chi connectivity index (χ4v) is 1.71. The SMILES string of the molecule is CNc1nc(N(C)Cc2ccc(OC)c(O)c2)n[nH]1. The van der Waals surface area contributed by atoms with E-state index >= 15 is 0 Å². The van der Waals surface area contributed by atoms with Crippen LogP contribution in [0.5, 0.6) is 11.5 Å². The van der Waals surface area contributed by atoms with Crippen LogP contribution in [0, 0.1) is 0 Å². The molecule has 2 rings (SSSR count). The van der Waals surface area contributed by atoms with E-state index in [1.807, 2.05) is 18.0 Å². The van der Waals surface area contributed by atoms with Crippen molar-refractivity contribution in [2.45, 2.75) is 6.54 Å². The van der Waals surface area contributed by atoms with Gasteiger partial charge in [0.1, 0.15) is 0 Å². The van der Waals surface area contributed by atoms with E-state index < -0.39 is 0 Å². The van der Waals surface area contributed by atoms with Gasteiger partial charge >= 0.3 is 0 Å². The Balaban J connectivity index is 2.10. The highest BCUT2D eigenvalue weighted by Gasteiger charge is 2.09. The van der Waals surface area contributed by atoms with E-state index in [9.17, 15) is 5.11 Å². The lowest BCUT2D eigenvalue weighted by Gasteiger charge is -2.15. The Bertz CT molecular complexity index is 555. The van der Waals surface area contributed by atoms with Gasteiger partial charge in [0.05, 0.1) is 7.11 Å². The number of H-pyrrole nitrogens is 1. The van der Waals surface area contributed by atoms with E-state index in [0.717, 1.165) is 5.56 Å². The zero-order chi connectivity index (χ0) is 13.8. The monoisotopic (exact) mass is 263 g/mol. The van der Waals surface area contributed by atoms with Crippen LogP contribution in [0.3, 0.4) is 0 Å². The molecule has 0 saturated heterocycles. The number of nitrogens with one attached hydrogen (secondary N) is 2. The first-order valence-electron chi connectivity index (χ1n) is 5.81. The Morgan fingerprint density at radius 1 is 1.47 bits per heavy atom. The second kappa shape index (κ2) is 5.47. The van der Waals surface area contributed by atoms with Gasteiger partial charge in [-0.1, -0.05) is 6.07 Å². The molecule has 7 heteroatoms. The highest BCUT2D eigenvalue weighted by molar-refractivity contribution is 5.43. The van der Waals surface area contributed by atoms with Crippen molar-refractivity contribution in [1.82, 2.24) is 15.2 Å². The Hall–Kier alpha value is -2.44. The van der Waals surface area contributed by atoms with Crippen molar-refractivity contribution in [3.05, 3.63) is 23.8 Å². The number of phenols is 1. The van der Waals surface area contributed by atoms with Crippen molar-refractivity contribution in [2.75, 3.05) is 31.4 Å². The molecule has 0 atom stereocenters. The molecule has 3 N–H and O–H groups in total. The normalized spacial score (nSPS) is 10.3. The van der Waals surface area contributed by atoms with Gasteiger partial charge in [0.15, 0.2) is 11.5 Å². The summed E-state index contributed by atoms with van der Waals surface area (Å²) in [4.78, 5) is 6.12. The maximum Gasteiger partial charge on any atom is 0.246 e. The summed E-state index contributed by atoms with van der Waals surface area (Å²) in [7, 11) is 5.17. The Labute approximate surface area is 111 Å². The van der Waals surface area contributed by atoms with Gasteiger partial charge in [0.25, 0.3) is 0 Å². The number of anilines is 2. The molecule has 0 saturated carbocycles. The van der Waals surface area contributed by atoms with E-state index in [1.54, 1.807) is 19.2 Å². The predicted octanol–water partition coefficient (Wildman–Crippen LogP) is 1.20. The summed E-state index contributed by atoms with van der Waals surface area (Å²) < 4.78 is 5.01. The first kappa shape index (κ1) is 13.0. The van der Waals surface area contributed by atoms with Gasteiger partial charge in [-0.05, 0) is 17.7 Å². The first-order valence-corrected chi connectivity index (χ1v) is 5.81.